The van der Waals surface area contributed by atoms with Gasteiger partial charge in [-0.25, -0.2) is 0 Å². The first-order valence-electron chi connectivity index (χ1n) is 4.03. The molecule has 0 heterocycles. The molecular weight excluding hydrogens is 148 g/mol. The fourth-order valence-corrected chi connectivity index (χ4v) is 2.17. The third-order valence-electron chi connectivity index (χ3n) is 1.68. The molecule has 0 saturated carbocycles. The lowest BCUT2D eigenvalue weighted by Gasteiger charge is -2.02. The Morgan fingerprint density at radius 2 is 1.64 bits per heavy atom. The van der Waals surface area contributed by atoms with Gasteiger partial charge in [-0.1, -0.05) is 48.5 Å². The van der Waals surface area contributed by atoms with Gasteiger partial charge in [0.1, 0.15) is 0 Å². The van der Waals surface area contributed by atoms with Gasteiger partial charge in [0.05, 0.1) is 0 Å². The maximum Gasteiger partial charge on any atom is 0.0460 e. The van der Waals surface area contributed by atoms with Crippen LogP contribution in [-0.4, -0.2) is 8.80 Å². The third-order valence-corrected chi connectivity index (χ3v) is 2.79. The van der Waals surface area contributed by atoms with Gasteiger partial charge in [-0.15, -0.1) is 0 Å². The molecule has 0 bridgehead atoms. The third kappa shape index (κ3) is 2.89. The van der Waals surface area contributed by atoms with E-state index in [1.54, 1.807) is 0 Å². The minimum atomic E-state index is -0.0996. The van der Waals surface area contributed by atoms with Gasteiger partial charge in [-0.05, 0) is 13.0 Å². The van der Waals surface area contributed by atoms with Gasteiger partial charge in [0.25, 0.3) is 0 Å². The van der Waals surface area contributed by atoms with Crippen LogP contribution in [0.15, 0.2) is 24.3 Å². The highest BCUT2D eigenvalue weighted by Gasteiger charge is 1.97. The number of aryl methyl sites for hydroxylation is 1. The fraction of sp³-hybridized carbons (Fsp3) is 0.400. The first kappa shape index (κ1) is 8.53. The summed E-state index contributed by atoms with van der Waals surface area (Å²) in [5.74, 6) is 0. The molecule has 1 aromatic carbocycles. The topological polar surface area (TPSA) is 0 Å². The molecule has 0 aromatic heterocycles. The second kappa shape index (κ2) is 3.72. The summed E-state index contributed by atoms with van der Waals surface area (Å²) in [4.78, 5) is 0. The van der Waals surface area contributed by atoms with E-state index in [1.165, 1.54) is 17.2 Å². The van der Waals surface area contributed by atoms with Crippen molar-refractivity contribution in [2.24, 2.45) is 0 Å². The Labute approximate surface area is 70.9 Å². The van der Waals surface area contributed by atoms with Gasteiger partial charge < -0.3 is 0 Å². The highest BCUT2D eigenvalue weighted by molar-refractivity contribution is 6.55. The number of hydrogen-bond acceptors (Lipinski definition) is 0. The molecular formula is C10H15Si. The zero-order valence-corrected chi connectivity index (χ0v) is 8.52. The van der Waals surface area contributed by atoms with Crippen LogP contribution in [0.3, 0.4) is 0 Å². The average molecular weight is 163 g/mol. The zero-order valence-electron chi connectivity index (χ0n) is 7.52. The highest BCUT2D eigenvalue weighted by Crippen LogP contribution is 2.05. The van der Waals surface area contributed by atoms with Crippen LogP contribution in [0, 0.1) is 6.92 Å². The lowest BCUT2D eigenvalue weighted by atomic mass is 10.2. The minimum Gasteiger partial charge on any atom is -0.0710 e. The van der Waals surface area contributed by atoms with E-state index in [9.17, 15) is 0 Å². The maximum absolute atomic E-state index is 2.35. The van der Waals surface area contributed by atoms with E-state index >= 15 is 0 Å². The van der Waals surface area contributed by atoms with Crippen LogP contribution in [0.2, 0.25) is 13.1 Å². The molecule has 0 aliphatic heterocycles. The Balaban J connectivity index is 2.66. The largest absolute Gasteiger partial charge is 0.0710 e. The molecule has 0 aliphatic carbocycles. The zero-order chi connectivity index (χ0) is 8.27. The minimum absolute atomic E-state index is 0.0996. The molecule has 1 radical (unpaired) electrons. The van der Waals surface area contributed by atoms with Crippen molar-refractivity contribution in [1.82, 2.24) is 0 Å². The van der Waals surface area contributed by atoms with Crippen molar-refractivity contribution in [3.8, 4) is 0 Å². The van der Waals surface area contributed by atoms with E-state index in [0.717, 1.165) is 0 Å². The Kier molecular flexibility index (Phi) is 2.89. The van der Waals surface area contributed by atoms with Gasteiger partial charge in [-0.2, -0.15) is 0 Å². The van der Waals surface area contributed by atoms with Crippen molar-refractivity contribution in [2.75, 3.05) is 0 Å². The van der Waals surface area contributed by atoms with Crippen LogP contribution < -0.4 is 0 Å². The van der Waals surface area contributed by atoms with E-state index in [0.29, 0.717) is 0 Å². The standard InChI is InChI=1S/C10H15Si/c1-9-4-6-10(7-5-9)8-11(2)3/h4-7H,8H2,1-3H3. The van der Waals surface area contributed by atoms with Crippen LogP contribution in [0.25, 0.3) is 0 Å². The summed E-state index contributed by atoms with van der Waals surface area (Å²) in [6, 6.07) is 10.2. The number of benzene rings is 1. The van der Waals surface area contributed by atoms with Gasteiger partial charge >= 0.3 is 0 Å². The lowest BCUT2D eigenvalue weighted by molar-refractivity contribution is 1.32. The molecule has 11 heavy (non-hydrogen) atoms. The van der Waals surface area contributed by atoms with Gasteiger partial charge in [-0.3, -0.25) is 0 Å². The first-order chi connectivity index (χ1) is 5.18. The number of rotatable bonds is 2. The summed E-state index contributed by atoms with van der Waals surface area (Å²) in [5.41, 5.74) is 2.85. The first-order valence-corrected chi connectivity index (χ1v) is 6.74. The predicted molar refractivity (Wildman–Crippen MR) is 52.4 cm³/mol. The van der Waals surface area contributed by atoms with Crippen molar-refractivity contribution >= 4 is 8.80 Å². The SMILES string of the molecule is Cc1ccc(C[Si](C)C)cc1. The van der Waals surface area contributed by atoms with Crippen molar-refractivity contribution in [3.63, 3.8) is 0 Å². The van der Waals surface area contributed by atoms with E-state index < -0.39 is 0 Å². The molecule has 1 aromatic rings. The summed E-state index contributed by atoms with van der Waals surface area (Å²) in [7, 11) is -0.0996. The molecule has 0 nitrogen and oxygen atoms in total. The molecule has 0 atom stereocenters. The Hall–Kier alpha value is -0.563. The monoisotopic (exact) mass is 163 g/mol. The molecule has 0 aliphatic rings. The van der Waals surface area contributed by atoms with Gasteiger partial charge in [0.15, 0.2) is 0 Å². The summed E-state index contributed by atoms with van der Waals surface area (Å²) >= 11 is 0. The predicted octanol–water partition coefficient (Wildman–Crippen LogP) is 2.83. The number of hydrogen-bond donors (Lipinski definition) is 0. The Bertz CT molecular complexity index is 211. The molecule has 0 fully saturated rings. The average Bonchev–Trinajstić information content (AvgIpc) is 1.93. The van der Waals surface area contributed by atoms with E-state index in [4.69, 9.17) is 0 Å². The normalized spacial score (nSPS) is 10.5. The fourth-order valence-electron chi connectivity index (χ4n) is 1.11. The van der Waals surface area contributed by atoms with Crippen LogP contribution in [0.5, 0.6) is 0 Å². The van der Waals surface area contributed by atoms with Crippen LogP contribution in [0.1, 0.15) is 11.1 Å². The Morgan fingerprint density at radius 1 is 1.09 bits per heavy atom. The summed E-state index contributed by atoms with van der Waals surface area (Å²) < 4.78 is 0. The Morgan fingerprint density at radius 3 is 2.09 bits per heavy atom. The van der Waals surface area contributed by atoms with Crippen molar-refractivity contribution in [3.05, 3.63) is 35.4 Å². The van der Waals surface area contributed by atoms with E-state index in [1.807, 2.05) is 0 Å². The molecule has 1 heteroatoms. The second-order valence-corrected chi connectivity index (χ2v) is 6.14. The highest BCUT2D eigenvalue weighted by atomic mass is 28.3. The summed E-state index contributed by atoms with van der Waals surface area (Å²) in [6.07, 6.45) is 0. The molecule has 0 N–H and O–H groups in total. The summed E-state index contributed by atoms with van der Waals surface area (Å²) in [6.45, 7) is 6.84. The van der Waals surface area contributed by atoms with Crippen molar-refractivity contribution < 1.29 is 0 Å². The molecule has 0 spiro atoms. The van der Waals surface area contributed by atoms with Crippen molar-refractivity contribution in [2.45, 2.75) is 26.1 Å². The van der Waals surface area contributed by atoms with Crippen LogP contribution in [-0.2, 0) is 6.04 Å². The lowest BCUT2D eigenvalue weighted by Crippen LogP contribution is -2.04. The van der Waals surface area contributed by atoms with Crippen LogP contribution >= 0.6 is 0 Å². The van der Waals surface area contributed by atoms with Gasteiger partial charge in [0, 0.05) is 8.80 Å². The smallest absolute Gasteiger partial charge is 0.0460 e. The quantitative estimate of drug-likeness (QED) is 0.588. The van der Waals surface area contributed by atoms with E-state index in [-0.39, 0.29) is 8.80 Å². The van der Waals surface area contributed by atoms with Crippen molar-refractivity contribution in [1.29, 1.82) is 0 Å². The van der Waals surface area contributed by atoms with E-state index in [2.05, 4.69) is 44.3 Å². The van der Waals surface area contributed by atoms with Crippen LogP contribution in [0.4, 0.5) is 0 Å². The molecule has 0 saturated heterocycles. The second-order valence-electron chi connectivity index (χ2n) is 3.37. The van der Waals surface area contributed by atoms with Gasteiger partial charge in [0.2, 0.25) is 0 Å². The molecule has 1 rings (SSSR count). The summed E-state index contributed by atoms with van der Waals surface area (Å²) in [5, 5.41) is 0. The molecule has 0 unspecified atom stereocenters. The maximum atomic E-state index is 2.35. The molecule has 59 valence electrons. The molecule has 0 amide bonds.